The largest absolute Gasteiger partial charge is 0.496 e. The van der Waals surface area contributed by atoms with Crippen LogP contribution in [0.4, 0.5) is 18.3 Å². The highest BCUT2D eigenvalue weighted by Gasteiger charge is 2.40. The lowest BCUT2D eigenvalue weighted by Crippen LogP contribution is -2.20. The number of nitrogens with one attached hydrogen (secondary N) is 1. The minimum atomic E-state index is -4.83. The zero-order valence-corrected chi connectivity index (χ0v) is 18.8. The molecule has 0 aliphatic rings. The summed E-state index contributed by atoms with van der Waals surface area (Å²) < 4.78 is 47.6. The number of benzene rings is 2. The Bertz CT molecular complexity index is 1320. The number of alkyl halides is 3. The Labute approximate surface area is 195 Å². The van der Waals surface area contributed by atoms with Gasteiger partial charge in [0, 0.05) is 16.0 Å². The van der Waals surface area contributed by atoms with Crippen LogP contribution in [0.2, 0.25) is 5.02 Å². The van der Waals surface area contributed by atoms with Crippen molar-refractivity contribution in [3.63, 3.8) is 0 Å². The van der Waals surface area contributed by atoms with Gasteiger partial charge in [0.15, 0.2) is 10.8 Å². The normalized spacial score (nSPS) is 11.5. The van der Waals surface area contributed by atoms with E-state index in [4.69, 9.17) is 16.3 Å². The van der Waals surface area contributed by atoms with Gasteiger partial charge in [0.1, 0.15) is 5.75 Å². The Balaban J connectivity index is 1.65. The second-order valence-electron chi connectivity index (χ2n) is 6.99. The molecular weight excluding hydrogens is 477 g/mol. The van der Waals surface area contributed by atoms with Gasteiger partial charge < -0.3 is 4.74 Å². The van der Waals surface area contributed by atoms with E-state index in [2.05, 4.69) is 15.4 Å². The van der Waals surface area contributed by atoms with E-state index in [9.17, 15) is 18.0 Å². The van der Waals surface area contributed by atoms with Crippen molar-refractivity contribution in [1.82, 2.24) is 14.8 Å². The lowest BCUT2D eigenvalue weighted by atomic mass is 10.1. The average molecular weight is 493 g/mol. The standard InChI is InChI=1S/C22H16ClF3N4O2S/c1-12-3-8-18(32-2)15(9-12)17-11-33-21(28-17)29-20(31)16-10-27-30(19(16)22(24,25)26)14-6-4-13(23)5-7-14/h3-11H,1-2H3,(H,28,29,31). The number of hydrogen-bond donors (Lipinski definition) is 1. The molecule has 0 saturated carbocycles. The van der Waals surface area contributed by atoms with Gasteiger partial charge >= 0.3 is 6.18 Å². The molecule has 2 aromatic carbocycles. The molecule has 0 fully saturated rings. The molecule has 0 aliphatic heterocycles. The molecule has 1 N–H and O–H groups in total. The number of hydrogen-bond acceptors (Lipinski definition) is 5. The maximum Gasteiger partial charge on any atom is 0.434 e. The van der Waals surface area contributed by atoms with Gasteiger partial charge in [-0.05, 0) is 43.3 Å². The molecule has 0 atom stereocenters. The lowest BCUT2D eigenvalue weighted by Gasteiger charge is -2.12. The van der Waals surface area contributed by atoms with E-state index in [-0.39, 0.29) is 10.8 Å². The Morgan fingerprint density at radius 1 is 1.18 bits per heavy atom. The summed E-state index contributed by atoms with van der Waals surface area (Å²) in [5.41, 5.74) is 0.522. The third-order valence-corrected chi connectivity index (χ3v) is 5.72. The Morgan fingerprint density at radius 3 is 2.58 bits per heavy atom. The molecule has 2 aromatic heterocycles. The summed E-state index contributed by atoms with van der Waals surface area (Å²) in [5, 5.41) is 8.43. The van der Waals surface area contributed by atoms with E-state index in [1.54, 1.807) is 11.4 Å². The van der Waals surface area contributed by atoms with Crippen molar-refractivity contribution in [2.24, 2.45) is 0 Å². The number of aromatic nitrogens is 3. The van der Waals surface area contributed by atoms with Crippen LogP contribution in [0.3, 0.4) is 0 Å². The van der Waals surface area contributed by atoms with Crippen LogP contribution in [-0.2, 0) is 6.18 Å². The fourth-order valence-electron chi connectivity index (χ4n) is 3.21. The van der Waals surface area contributed by atoms with Crippen LogP contribution in [0.1, 0.15) is 21.6 Å². The molecule has 0 spiro atoms. The maximum absolute atomic E-state index is 13.9. The van der Waals surface area contributed by atoms with E-state index in [0.717, 1.165) is 23.1 Å². The number of anilines is 1. The fraction of sp³-hybridized carbons (Fsp3) is 0.136. The van der Waals surface area contributed by atoms with Crippen LogP contribution < -0.4 is 10.1 Å². The third kappa shape index (κ3) is 4.71. The number of methoxy groups -OCH3 is 1. The average Bonchev–Trinajstić information content (AvgIpc) is 3.41. The highest BCUT2D eigenvalue weighted by Crippen LogP contribution is 2.36. The van der Waals surface area contributed by atoms with Crippen LogP contribution in [0, 0.1) is 6.92 Å². The van der Waals surface area contributed by atoms with Gasteiger partial charge in [-0.2, -0.15) is 18.3 Å². The quantitative estimate of drug-likeness (QED) is 0.358. The number of halogens is 4. The second-order valence-corrected chi connectivity index (χ2v) is 8.28. The number of rotatable bonds is 5. The fourth-order valence-corrected chi connectivity index (χ4v) is 4.04. The minimum absolute atomic E-state index is 0.119. The third-order valence-electron chi connectivity index (χ3n) is 4.71. The minimum Gasteiger partial charge on any atom is -0.496 e. The number of carbonyl (C=O) groups excluding carboxylic acids is 1. The molecule has 4 aromatic rings. The van der Waals surface area contributed by atoms with Crippen LogP contribution >= 0.6 is 22.9 Å². The zero-order chi connectivity index (χ0) is 23.8. The van der Waals surface area contributed by atoms with Gasteiger partial charge in [0.25, 0.3) is 5.91 Å². The number of ether oxygens (including phenoxy) is 1. The summed E-state index contributed by atoms with van der Waals surface area (Å²) in [7, 11) is 1.53. The van der Waals surface area contributed by atoms with Crippen LogP contribution in [-0.4, -0.2) is 27.8 Å². The number of amides is 1. The molecule has 0 radical (unpaired) electrons. The van der Waals surface area contributed by atoms with Gasteiger partial charge in [-0.15, -0.1) is 11.3 Å². The number of carbonyl (C=O) groups is 1. The number of thiazole rings is 1. The molecule has 0 saturated heterocycles. The molecule has 170 valence electrons. The van der Waals surface area contributed by atoms with E-state index in [1.165, 1.54) is 31.4 Å². The van der Waals surface area contributed by atoms with Crippen LogP contribution in [0.25, 0.3) is 16.9 Å². The summed E-state index contributed by atoms with van der Waals surface area (Å²) >= 11 is 6.91. The van der Waals surface area contributed by atoms with Gasteiger partial charge in [0.2, 0.25) is 0 Å². The summed E-state index contributed by atoms with van der Waals surface area (Å²) in [5.74, 6) is -0.382. The molecule has 11 heteroatoms. The van der Waals surface area contributed by atoms with Gasteiger partial charge in [0.05, 0.1) is 30.3 Å². The monoisotopic (exact) mass is 492 g/mol. The van der Waals surface area contributed by atoms with E-state index in [1.807, 2.05) is 19.1 Å². The van der Waals surface area contributed by atoms with Crippen molar-refractivity contribution < 1.29 is 22.7 Å². The zero-order valence-electron chi connectivity index (χ0n) is 17.3. The van der Waals surface area contributed by atoms with Crippen molar-refractivity contribution in [1.29, 1.82) is 0 Å². The van der Waals surface area contributed by atoms with Crippen molar-refractivity contribution in [2.45, 2.75) is 13.1 Å². The molecule has 0 bridgehead atoms. The van der Waals surface area contributed by atoms with Gasteiger partial charge in [-0.3, -0.25) is 10.1 Å². The molecule has 0 aliphatic carbocycles. The topological polar surface area (TPSA) is 69.0 Å². The van der Waals surface area contributed by atoms with E-state index in [0.29, 0.717) is 26.7 Å². The van der Waals surface area contributed by atoms with Crippen LogP contribution in [0.15, 0.2) is 54.0 Å². The van der Waals surface area contributed by atoms with E-state index >= 15 is 0 Å². The highest BCUT2D eigenvalue weighted by molar-refractivity contribution is 7.14. The summed E-state index contributed by atoms with van der Waals surface area (Å²) in [6.45, 7) is 1.91. The molecule has 6 nitrogen and oxygen atoms in total. The van der Waals surface area contributed by atoms with Crippen molar-refractivity contribution in [3.8, 4) is 22.7 Å². The Kier molecular flexibility index (Phi) is 6.13. The first kappa shape index (κ1) is 22.8. The molecular formula is C22H16ClF3N4O2S. The predicted octanol–water partition coefficient (Wildman–Crippen LogP) is 6.24. The Morgan fingerprint density at radius 2 is 1.91 bits per heavy atom. The Hall–Kier alpha value is -3.37. The molecule has 4 rings (SSSR count). The molecule has 1 amide bonds. The SMILES string of the molecule is COc1ccc(C)cc1-c1csc(NC(=O)c2cnn(-c3ccc(Cl)cc3)c2C(F)(F)F)n1. The number of nitrogens with zero attached hydrogens (tertiary/aromatic N) is 3. The smallest absolute Gasteiger partial charge is 0.434 e. The summed E-state index contributed by atoms with van der Waals surface area (Å²) in [6, 6.07) is 11.2. The summed E-state index contributed by atoms with van der Waals surface area (Å²) in [6.07, 6.45) is -3.95. The van der Waals surface area contributed by atoms with Crippen molar-refractivity contribution in [2.75, 3.05) is 12.4 Å². The molecule has 0 unspecified atom stereocenters. The predicted molar refractivity (Wildman–Crippen MR) is 120 cm³/mol. The van der Waals surface area contributed by atoms with Crippen molar-refractivity contribution >= 4 is 34.0 Å². The lowest BCUT2D eigenvalue weighted by molar-refractivity contribution is -0.143. The summed E-state index contributed by atoms with van der Waals surface area (Å²) in [4.78, 5) is 17.1. The van der Waals surface area contributed by atoms with E-state index < -0.39 is 23.3 Å². The van der Waals surface area contributed by atoms with Gasteiger partial charge in [-0.25, -0.2) is 9.67 Å². The first-order valence-corrected chi connectivity index (χ1v) is 10.8. The first-order valence-electron chi connectivity index (χ1n) is 9.50. The highest BCUT2D eigenvalue weighted by atomic mass is 35.5. The second kappa shape index (κ2) is 8.87. The molecule has 33 heavy (non-hydrogen) atoms. The first-order chi connectivity index (χ1) is 15.7. The molecule has 2 heterocycles. The van der Waals surface area contributed by atoms with Crippen molar-refractivity contribution in [3.05, 3.63) is 75.9 Å². The van der Waals surface area contributed by atoms with Gasteiger partial charge in [-0.1, -0.05) is 23.2 Å². The maximum atomic E-state index is 13.9. The van der Waals surface area contributed by atoms with Crippen LogP contribution in [0.5, 0.6) is 5.75 Å². The number of aryl methyl sites for hydroxylation is 1.